The number of anilines is 2. The van der Waals surface area contributed by atoms with E-state index in [1.54, 1.807) is 12.1 Å². The van der Waals surface area contributed by atoms with E-state index in [-0.39, 0.29) is 5.75 Å². The molecule has 0 saturated carbocycles. The average molecular weight is 435 g/mol. The van der Waals surface area contributed by atoms with Crippen LogP contribution in [0.2, 0.25) is 0 Å². The van der Waals surface area contributed by atoms with E-state index in [1.165, 1.54) is 0 Å². The number of para-hydroxylation sites is 1. The lowest BCUT2D eigenvalue weighted by molar-refractivity contribution is 0.475. The van der Waals surface area contributed by atoms with Crippen LogP contribution in [0.1, 0.15) is 22.5 Å². The Morgan fingerprint density at radius 2 is 1.65 bits per heavy atom. The van der Waals surface area contributed by atoms with Crippen molar-refractivity contribution in [3.63, 3.8) is 0 Å². The Kier molecular flexibility index (Phi) is 7.50. The van der Waals surface area contributed by atoms with E-state index >= 15 is 0 Å². The Labute approximate surface area is 187 Å². The molecular formula is C23H26N6OS. The molecule has 0 aliphatic carbocycles. The summed E-state index contributed by atoms with van der Waals surface area (Å²) in [6, 6.07) is 16.9. The first-order valence-electron chi connectivity index (χ1n) is 9.94. The van der Waals surface area contributed by atoms with Gasteiger partial charge in [0, 0.05) is 23.6 Å². The van der Waals surface area contributed by atoms with Gasteiger partial charge in [-0.1, -0.05) is 30.3 Å². The van der Waals surface area contributed by atoms with Gasteiger partial charge in [-0.05, 0) is 74.8 Å². The summed E-state index contributed by atoms with van der Waals surface area (Å²) in [6.07, 6.45) is 0.707. The minimum absolute atomic E-state index is 0.246. The molecule has 0 spiro atoms. The summed E-state index contributed by atoms with van der Waals surface area (Å²) in [6.45, 7) is 6.36. The van der Waals surface area contributed by atoms with Crippen LogP contribution >= 0.6 is 12.2 Å². The summed E-state index contributed by atoms with van der Waals surface area (Å²) >= 11 is 5.49. The number of phenolic OH excluding ortho intramolecular Hbond substituents is 1. The number of guanidine groups is 1. The number of aromatic hydroxyl groups is 1. The fraction of sp³-hybridized carbons (Fsp3) is 0.217. The van der Waals surface area contributed by atoms with Crippen molar-refractivity contribution in [3.05, 3.63) is 77.1 Å². The summed E-state index contributed by atoms with van der Waals surface area (Å²) in [7, 11) is 0. The van der Waals surface area contributed by atoms with Crippen LogP contribution in [0.4, 0.5) is 11.6 Å². The first kappa shape index (κ1) is 22.2. The maximum atomic E-state index is 9.44. The normalized spacial score (nSPS) is 11.1. The third-order valence-corrected chi connectivity index (χ3v) is 4.65. The molecule has 4 N–H and O–H groups in total. The lowest BCUT2D eigenvalue weighted by Gasteiger charge is -2.15. The highest BCUT2D eigenvalue weighted by molar-refractivity contribution is 7.80. The van der Waals surface area contributed by atoms with Crippen LogP contribution < -0.4 is 16.0 Å². The molecule has 0 fully saturated rings. The molecule has 160 valence electrons. The molecule has 1 heterocycles. The van der Waals surface area contributed by atoms with Gasteiger partial charge in [0.15, 0.2) is 5.11 Å². The molecule has 3 aromatic rings. The summed E-state index contributed by atoms with van der Waals surface area (Å²) in [5.41, 5.74) is 4.80. The number of hydrogen-bond acceptors (Lipinski definition) is 5. The summed E-state index contributed by atoms with van der Waals surface area (Å²) in [4.78, 5) is 13.5. The Bertz CT molecular complexity index is 1060. The second-order valence-corrected chi connectivity index (χ2v) is 7.55. The van der Waals surface area contributed by atoms with Gasteiger partial charge in [-0.2, -0.15) is 0 Å². The van der Waals surface area contributed by atoms with E-state index in [9.17, 15) is 5.11 Å². The molecule has 8 heteroatoms. The number of thiocarbonyl (C=S) groups is 1. The number of phenols is 1. The summed E-state index contributed by atoms with van der Waals surface area (Å²) < 4.78 is 0. The van der Waals surface area contributed by atoms with Crippen LogP contribution in [0.5, 0.6) is 5.75 Å². The van der Waals surface area contributed by atoms with E-state index in [0.29, 0.717) is 30.0 Å². The van der Waals surface area contributed by atoms with Crippen LogP contribution in [0.3, 0.4) is 0 Å². The number of hydrogen-bond donors (Lipinski definition) is 4. The molecule has 0 aliphatic rings. The molecule has 0 radical (unpaired) electrons. The molecule has 0 amide bonds. The Morgan fingerprint density at radius 3 is 2.32 bits per heavy atom. The number of aryl methyl sites for hydroxylation is 3. The number of aromatic nitrogens is 2. The number of rotatable bonds is 5. The lowest BCUT2D eigenvalue weighted by atomic mass is 10.1. The predicted molar refractivity (Wildman–Crippen MR) is 130 cm³/mol. The van der Waals surface area contributed by atoms with Gasteiger partial charge < -0.3 is 15.7 Å². The predicted octanol–water partition coefficient (Wildman–Crippen LogP) is 4.10. The maximum Gasteiger partial charge on any atom is 0.229 e. The Balaban J connectivity index is 1.73. The number of aliphatic imine (C=N–C) groups is 1. The van der Waals surface area contributed by atoms with Gasteiger partial charge in [-0.3, -0.25) is 10.3 Å². The summed E-state index contributed by atoms with van der Waals surface area (Å²) in [5.74, 6) is 1.15. The second kappa shape index (κ2) is 10.5. The second-order valence-electron chi connectivity index (χ2n) is 7.14. The molecule has 0 aliphatic heterocycles. The van der Waals surface area contributed by atoms with Gasteiger partial charge in [-0.15, -0.1) is 0 Å². The first-order chi connectivity index (χ1) is 14.9. The van der Waals surface area contributed by atoms with Crippen LogP contribution in [-0.2, 0) is 6.42 Å². The standard InChI is InChI=1S/C23H26N6OS/c1-15-6-4-5-7-20(15)27-23(31)29-21(28-22-25-16(2)14-17(3)26-22)24-13-12-18-8-10-19(30)11-9-18/h4-11,14,30H,12-13H2,1-3H3,(H3,24,25,26,27,28,29,31). The zero-order valence-corrected chi connectivity index (χ0v) is 18.6. The zero-order valence-electron chi connectivity index (χ0n) is 17.8. The van der Waals surface area contributed by atoms with E-state index in [4.69, 9.17) is 12.2 Å². The summed E-state index contributed by atoms with van der Waals surface area (Å²) in [5, 5.41) is 19.3. The highest BCUT2D eigenvalue weighted by atomic mass is 32.1. The number of benzene rings is 2. The third-order valence-electron chi connectivity index (χ3n) is 4.44. The van der Waals surface area contributed by atoms with Crippen LogP contribution in [0.25, 0.3) is 0 Å². The van der Waals surface area contributed by atoms with Crippen molar-refractivity contribution in [2.75, 3.05) is 17.2 Å². The van der Waals surface area contributed by atoms with Crippen molar-refractivity contribution in [2.24, 2.45) is 4.99 Å². The van der Waals surface area contributed by atoms with E-state index in [2.05, 4.69) is 30.9 Å². The molecular weight excluding hydrogens is 408 g/mol. The topological polar surface area (TPSA) is 94.5 Å². The molecule has 7 nitrogen and oxygen atoms in total. The first-order valence-corrected chi connectivity index (χ1v) is 10.3. The van der Waals surface area contributed by atoms with Crippen molar-refractivity contribution in [2.45, 2.75) is 27.2 Å². The van der Waals surface area contributed by atoms with Gasteiger partial charge in [-0.25, -0.2) is 9.97 Å². The van der Waals surface area contributed by atoms with Crippen molar-refractivity contribution in [1.29, 1.82) is 0 Å². The lowest BCUT2D eigenvalue weighted by Crippen LogP contribution is -2.39. The minimum Gasteiger partial charge on any atom is -0.508 e. The highest BCUT2D eigenvalue weighted by Crippen LogP contribution is 2.13. The van der Waals surface area contributed by atoms with Crippen molar-refractivity contribution < 1.29 is 5.11 Å². The fourth-order valence-electron chi connectivity index (χ4n) is 2.93. The van der Waals surface area contributed by atoms with Gasteiger partial charge in [0.2, 0.25) is 11.9 Å². The zero-order chi connectivity index (χ0) is 22.2. The molecule has 3 rings (SSSR count). The molecule has 31 heavy (non-hydrogen) atoms. The van der Waals surface area contributed by atoms with Crippen molar-refractivity contribution >= 4 is 34.9 Å². The molecule has 0 saturated heterocycles. The quantitative estimate of drug-likeness (QED) is 0.273. The van der Waals surface area contributed by atoms with E-state index in [0.717, 1.165) is 28.2 Å². The van der Waals surface area contributed by atoms with Crippen molar-refractivity contribution in [1.82, 2.24) is 15.3 Å². The average Bonchev–Trinajstić information content (AvgIpc) is 2.70. The Morgan fingerprint density at radius 1 is 0.968 bits per heavy atom. The third kappa shape index (κ3) is 7.04. The number of nitrogens with one attached hydrogen (secondary N) is 3. The SMILES string of the molecule is Cc1cc(C)nc(NC(=NCCc2ccc(O)cc2)NC(=S)Nc2ccccc2C)n1. The van der Waals surface area contributed by atoms with Gasteiger partial charge >= 0.3 is 0 Å². The molecule has 0 bridgehead atoms. The minimum atomic E-state index is 0.246. The molecule has 0 unspecified atom stereocenters. The van der Waals surface area contributed by atoms with Crippen LogP contribution in [0, 0.1) is 20.8 Å². The maximum absolute atomic E-state index is 9.44. The fourth-order valence-corrected chi connectivity index (χ4v) is 3.14. The van der Waals surface area contributed by atoms with E-state index in [1.807, 2.05) is 63.2 Å². The van der Waals surface area contributed by atoms with Gasteiger partial charge in [0.05, 0.1) is 0 Å². The molecule has 0 atom stereocenters. The van der Waals surface area contributed by atoms with Crippen molar-refractivity contribution in [3.8, 4) is 5.75 Å². The van der Waals surface area contributed by atoms with Crippen LogP contribution in [-0.4, -0.2) is 32.7 Å². The molecule has 2 aromatic carbocycles. The molecule has 1 aromatic heterocycles. The highest BCUT2D eigenvalue weighted by Gasteiger charge is 2.08. The van der Waals surface area contributed by atoms with Gasteiger partial charge in [0.1, 0.15) is 5.75 Å². The van der Waals surface area contributed by atoms with E-state index < -0.39 is 0 Å². The van der Waals surface area contributed by atoms with Crippen LogP contribution in [0.15, 0.2) is 59.6 Å². The Hall–Kier alpha value is -3.52. The largest absolute Gasteiger partial charge is 0.508 e. The monoisotopic (exact) mass is 434 g/mol. The van der Waals surface area contributed by atoms with Gasteiger partial charge in [0.25, 0.3) is 0 Å². The smallest absolute Gasteiger partial charge is 0.229 e. The number of nitrogens with zero attached hydrogens (tertiary/aromatic N) is 3.